The van der Waals surface area contributed by atoms with Crippen molar-refractivity contribution in [3.05, 3.63) is 29.6 Å². The smallest absolute Gasteiger partial charge is 0.266 e. The first-order valence-corrected chi connectivity index (χ1v) is 6.11. The zero-order valence-corrected chi connectivity index (χ0v) is 11.5. The summed E-state index contributed by atoms with van der Waals surface area (Å²) in [6.07, 6.45) is 1.55. The molecule has 0 spiro atoms. The molecule has 5 heteroatoms. The zero-order valence-electron chi connectivity index (χ0n) is 11.5. The van der Waals surface area contributed by atoms with Crippen molar-refractivity contribution >= 4 is 5.91 Å². The van der Waals surface area contributed by atoms with Crippen LogP contribution in [0.3, 0.4) is 0 Å². The van der Waals surface area contributed by atoms with Gasteiger partial charge in [-0.25, -0.2) is 5.84 Å². The van der Waals surface area contributed by atoms with Crippen molar-refractivity contribution < 1.29 is 4.79 Å². The van der Waals surface area contributed by atoms with Crippen LogP contribution in [0.5, 0.6) is 0 Å². The van der Waals surface area contributed by atoms with Crippen LogP contribution in [0.25, 0.3) is 0 Å². The summed E-state index contributed by atoms with van der Waals surface area (Å²) in [5.74, 6) is 5.33. The van der Waals surface area contributed by atoms with Crippen LogP contribution < -0.4 is 11.3 Å². The summed E-state index contributed by atoms with van der Waals surface area (Å²) in [4.78, 5) is 17.8. The first-order chi connectivity index (χ1) is 8.45. The van der Waals surface area contributed by atoms with Gasteiger partial charge >= 0.3 is 0 Å². The molecule has 0 aliphatic rings. The lowest BCUT2D eigenvalue weighted by Crippen LogP contribution is -2.33. The van der Waals surface area contributed by atoms with Crippen LogP contribution in [0.2, 0.25) is 0 Å². The first-order valence-electron chi connectivity index (χ1n) is 6.11. The SMILES string of the molecule is CC(C)C(C)N(C)Cc1ccc(C(=O)NN)cn1. The third-order valence-electron chi connectivity index (χ3n) is 3.29. The van der Waals surface area contributed by atoms with E-state index in [2.05, 4.69) is 43.1 Å². The van der Waals surface area contributed by atoms with E-state index in [1.54, 1.807) is 12.3 Å². The fraction of sp³-hybridized carbons (Fsp3) is 0.538. The van der Waals surface area contributed by atoms with Crippen molar-refractivity contribution in [1.82, 2.24) is 15.3 Å². The molecular formula is C13H22N4O. The monoisotopic (exact) mass is 250 g/mol. The Morgan fingerprint density at radius 2 is 2.11 bits per heavy atom. The van der Waals surface area contributed by atoms with E-state index in [0.717, 1.165) is 12.2 Å². The molecule has 0 saturated heterocycles. The van der Waals surface area contributed by atoms with E-state index in [1.165, 1.54) is 0 Å². The molecule has 1 heterocycles. The molecule has 0 saturated carbocycles. The Morgan fingerprint density at radius 1 is 1.44 bits per heavy atom. The van der Waals surface area contributed by atoms with Gasteiger partial charge in [0.15, 0.2) is 0 Å². The quantitative estimate of drug-likeness (QED) is 0.467. The van der Waals surface area contributed by atoms with Gasteiger partial charge in [-0.3, -0.25) is 20.1 Å². The average Bonchev–Trinajstić information content (AvgIpc) is 2.37. The summed E-state index contributed by atoms with van der Waals surface area (Å²) in [5.41, 5.74) is 3.50. The highest BCUT2D eigenvalue weighted by Gasteiger charge is 2.14. The van der Waals surface area contributed by atoms with Gasteiger partial charge < -0.3 is 0 Å². The zero-order chi connectivity index (χ0) is 13.7. The normalized spacial score (nSPS) is 12.8. The second-order valence-corrected chi connectivity index (χ2v) is 4.91. The molecule has 0 fully saturated rings. The molecule has 0 bridgehead atoms. The van der Waals surface area contributed by atoms with Crippen LogP contribution in [-0.2, 0) is 6.54 Å². The molecule has 1 atom stereocenters. The Bertz CT molecular complexity index is 388. The van der Waals surface area contributed by atoms with E-state index < -0.39 is 0 Å². The van der Waals surface area contributed by atoms with Crippen molar-refractivity contribution in [2.75, 3.05) is 7.05 Å². The summed E-state index contributed by atoms with van der Waals surface area (Å²) in [6.45, 7) is 7.36. The molecule has 5 nitrogen and oxygen atoms in total. The average molecular weight is 250 g/mol. The number of rotatable bonds is 5. The van der Waals surface area contributed by atoms with Crippen LogP contribution in [-0.4, -0.2) is 28.9 Å². The second kappa shape index (κ2) is 6.47. The van der Waals surface area contributed by atoms with Gasteiger partial charge in [0.2, 0.25) is 0 Å². The number of aromatic nitrogens is 1. The van der Waals surface area contributed by atoms with E-state index in [9.17, 15) is 4.79 Å². The van der Waals surface area contributed by atoms with Gasteiger partial charge in [-0.05, 0) is 32.0 Å². The molecule has 0 aliphatic carbocycles. The second-order valence-electron chi connectivity index (χ2n) is 4.91. The summed E-state index contributed by atoms with van der Waals surface area (Å²) in [5, 5.41) is 0. The molecule has 100 valence electrons. The van der Waals surface area contributed by atoms with Crippen molar-refractivity contribution in [3.8, 4) is 0 Å². The standard InChI is InChI=1S/C13H22N4O/c1-9(2)10(3)17(4)8-12-6-5-11(7-15-12)13(18)16-14/h5-7,9-10H,8,14H2,1-4H3,(H,16,18). The lowest BCUT2D eigenvalue weighted by Gasteiger charge is -2.27. The van der Waals surface area contributed by atoms with Gasteiger partial charge in [-0.1, -0.05) is 13.8 Å². The highest BCUT2D eigenvalue weighted by Crippen LogP contribution is 2.11. The number of nitrogens with one attached hydrogen (secondary N) is 1. The molecule has 1 amide bonds. The van der Waals surface area contributed by atoms with E-state index >= 15 is 0 Å². The summed E-state index contributed by atoms with van der Waals surface area (Å²) >= 11 is 0. The van der Waals surface area contributed by atoms with Crippen LogP contribution in [0.1, 0.15) is 36.8 Å². The third kappa shape index (κ3) is 3.78. The summed E-state index contributed by atoms with van der Waals surface area (Å²) in [6, 6.07) is 4.07. The minimum atomic E-state index is -0.321. The topological polar surface area (TPSA) is 71.2 Å². The number of amides is 1. The van der Waals surface area contributed by atoms with E-state index in [4.69, 9.17) is 5.84 Å². The van der Waals surface area contributed by atoms with Crippen LogP contribution in [0.4, 0.5) is 0 Å². The van der Waals surface area contributed by atoms with Gasteiger partial charge in [0.25, 0.3) is 5.91 Å². The Hall–Kier alpha value is -1.46. The van der Waals surface area contributed by atoms with Crippen LogP contribution >= 0.6 is 0 Å². The molecule has 1 rings (SSSR count). The lowest BCUT2D eigenvalue weighted by atomic mass is 10.1. The lowest BCUT2D eigenvalue weighted by molar-refractivity contribution is 0.0953. The molecule has 1 unspecified atom stereocenters. The molecule has 0 aromatic carbocycles. The fourth-order valence-electron chi connectivity index (χ4n) is 1.64. The molecule has 0 radical (unpaired) electrons. The Labute approximate surface area is 108 Å². The fourth-order valence-corrected chi connectivity index (χ4v) is 1.64. The first kappa shape index (κ1) is 14.6. The number of pyridine rings is 1. The Balaban J connectivity index is 2.66. The summed E-state index contributed by atoms with van der Waals surface area (Å²) in [7, 11) is 2.08. The van der Waals surface area contributed by atoms with Gasteiger partial charge in [-0.2, -0.15) is 0 Å². The molecule has 1 aromatic heterocycles. The Morgan fingerprint density at radius 3 is 2.56 bits per heavy atom. The minimum Gasteiger partial charge on any atom is -0.298 e. The predicted molar refractivity (Wildman–Crippen MR) is 71.7 cm³/mol. The van der Waals surface area contributed by atoms with Crippen molar-refractivity contribution in [2.24, 2.45) is 11.8 Å². The van der Waals surface area contributed by atoms with Crippen molar-refractivity contribution in [2.45, 2.75) is 33.4 Å². The molecule has 18 heavy (non-hydrogen) atoms. The molecule has 1 aromatic rings. The van der Waals surface area contributed by atoms with Crippen molar-refractivity contribution in [3.63, 3.8) is 0 Å². The number of nitrogens with two attached hydrogens (primary N) is 1. The maximum Gasteiger partial charge on any atom is 0.266 e. The highest BCUT2D eigenvalue weighted by atomic mass is 16.2. The number of nitrogens with zero attached hydrogens (tertiary/aromatic N) is 2. The molecule has 3 N–H and O–H groups in total. The van der Waals surface area contributed by atoms with Crippen LogP contribution in [0.15, 0.2) is 18.3 Å². The van der Waals surface area contributed by atoms with E-state index in [-0.39, 0.29) is 5.91 Å². The van der Waals surface area contributed by atoms with Crippen LogP contribution in [0, 0.1) is 5.92 Å². The molecular weight excluding hydrogens is 228 g/mol. The number of carbonyl (C=O) groups is 1. The highest BCUT2D eigenvalue weighted by molar-refractivity contribution is 5.93. The predicted octanol–water partition coefficient (Wildman–Crippen LogP) is 1.16. The van der Waals surface area contributed by atoms with E-state index in [0.29, 0.717) is 17.5 Å². The Kier molecular flexibility index (Phi) is 5.25. The number of carbonyl (C=O) groups excluding carboxylic acids is 1. The molecule has 0 aliphatic heterocycles. The number of hydrogen-bond acceptors (Lipinski definition) is 4. The van der Waals surface area contributed by atoms with Gasteiger partial charge in [0.05, 0.1) is 11.3 Å². The third-order valence-corrected chi connectivity index (χ3v) is 3.29. The maximum absolute atomic E-state index is 11.3. The largest absolute Gasteiger partial charge is 0.298 e. The number of nitrogen functional groups attached to an aromatic ring is 1. The van der Waals surface area contributed by atoms with Gasteiger partial charge in [-0.15, -0.1) is 0 Å². The van der Waals surface area contributed by atoms with E-state index in [1.807, 2.05) is 6.07 Å². The van der Waals surface area contributed by atoms with Gasteiger partial charge in [0, 0.05) is 18.8 Å². The van der Waals surface area contributed by atoms with Crippen molar-refractivity contribution in [1.29, 1.82) is 0 Å². The number of hydrazine groups is 1. The minimum absolute atomic E-state index is 0.321. The number of hydrogen-bond donors (Lipinski definition) is 2. The van der Waals surface area contributed by atoms with Gasteiger partial charge in [0.1, 0.15) is 0 Å². The summed E-state index contributed by atoms with van der Waals surface area (Å²) < 4.78 is 0. The maximum atomic E-state index is 11.3.